The molecule has 2 atom stereocenters. The summed E-state index contributed by atoms with van der Waals surface area (Å²) in [6, 6.07) is 8.33. The van der Waals surface area contributed by atoms with Crippen LogP contribution in [0.5, 0.6) is 0 Å². The number of hydrogen-bond donors (Lipinski definition) is 1. The number of rotatable bonds is 2. The van der Waals surface area contributed by atoms with Crippen molar-refractivity contribution in [2.75, 3.05) is 0 Å². The summed E-state index contributed by atoms with van der Waals surface area (Å²) < 4.78 is 0. The van der Waals surface area contributed by atoms with E-state index in [1.54, 1.807) is 0 Å². The zero-order valence-electron chi connectivity index (χ0n) is 10.4. The van der Waals surface area contributed by atoms with Gasteiger partial charge in [-0.2, -0.15) is 0 Å². The highest BCUT2D eigenvalue weighted by Gasteiger charge is 2.33. The van der Waals surface area contributed by atoms with Gasteiger partial charge in [0, 0.05) is 16.2 Å². The minimum absolute atomic E-state index is 0.296. The lowest BCUT2D eigenvalue weighted by Crippen LogP contribution is -2.41. The first-order valence-electron chi connectivity index (χ1n) is 6.15. The molecule has 2 rings (SSSR count). The lowest BCUT2D eigenvalue weighted by atomic mass is 9.75. The van der Waals surface area contributed by atoms with Crippen LogP contribution in [0.25, 0.3) is 0 Å². The molecule has 94 valence electrons. The van der Waals surface area contributed by atoms with Crippen LogP contribution < -0.4 is 5.73 Å². The summed E-state index contributed by atoms with van der Waals surface area (Å²) in [5, 5.41) is 1.33. The minimum atomic E-state index is 0.296. The predicted octanol–water partition coefficient (Wildman–Crippen LogP) is 4.34. The Morgan fingerprint density at radius 3 is 2.76 bits per heavy atom. The summed E-state index contributed by atoms with van der Waals surface area (Å²) in [5.74, 6) is 0. The maximum absolute atomic E-state index is 6.23. The molecule has 1 nitrogen and oxygen atoms in total. The zero-order chi connectivity index (χ0) is 12.5. The van der Waals surface area contributed by atoms with Crippen molar-refractivity contribution in [1.29, 1.82) is 0 Å². The van der Waals surface area contributed by atoms with Gasteiger partial charge in [-0.05, 0) is 36.8 Å². The van der Waals surface area contributed by atoms with Crippen LogP contribution in [0, 0.1) is 5.41 Å². The van der Waals surface area contributed by atoms with E-state index in [4.69, 9.17) is 17.3 Å². The zero-order valence-corrected chi connectivity index (χ0v) is 12.0. The Balaban J connectivity index is 2.10. The fraction of sp³-hybridized carbons (Fsp3) is 0.571. The molecule has 1 aromatic rings. The Kier molecular flexibility index (Phi) is 4.06. The monoisotopic (exact) mass is 269 g/mol. The SMILES string of the molecule is CC1(C)CCC(N)C(Sc2ccccc2Cl)C1. The Bertz CT molecular complexity index is 392. The first-order chi connectivity index (χ1) is 7.98. The second kappa shape index (κ2) is 5.21. The van der Waals surface area contributed by atoms with Crippen LogP contribution in [0.1, 0.15) is 33.1 Å². The molecule has 0 heterocycles. The van der Waals surface area contributed by atoms with Crippen molar-refractivity contribution in [3.63, 3.8) is 0 Å². The van der Waals surface area contributed by atoms with E-state index in [-0.39, 0.29) is 0 Å². The van der Waals surface area contributed by atoms with Gasteiger partial charge in [0.25, 0.3) is 0 Å². The van der Waals surface area contributed by atoms with Crippen molar-refractivity contribution in [1.82, 2.24) is 0 Å². The Hall–Kier alpha value is -0.180. The van der Waals surface area contributed by atoms with E-state index >= 15 is 0 Å². The lowest BCUT2D eigenvalue weighted by molar-refractivity contribution is 0.232. The molecule has 0 radical (unpaired) electrons. The number of benzene rings is 1. The number of halogens is 1. The molecular weight excluding hydrogens is 250 g/mol. The average Bonchev–Trinajstić information content (AvgIpc) is 2.26. The molecule has 3 heteroatoms. The highest BCUT2D eigenvalue weighted by molar-refractivity contribution is 8.00. The van der Waals surface area contributed by atoms with Gasteiger partial charge in [0.15, 0.2) is 0 Å². The summed E-state index contributed by atoms with van der Waals surface area (Å²) in [6.45, 7) is 4.66. The normalized spacial score (nSPS) is 28.0. The topological polar surface area (TPSA) is 26.0 Å². The first-order valence-corrected chi connectivity index (χ1v) is 7.40. The fourth-order valence-electron chi connectivity index (χ4n) is 2.37. The van der Waals surface area contributed by atoms with E-state index in [1.165, 1.54) is 12.8 Å². The largest absolute Gasteiger partial charge is 0.327 e. The molecule has 0 spiro atoms. The van der Waals surface area contributed by atoms with Crippen LogP contribution in [0.15, 0.2) is 29.2 Å². The smallest absolute Gasteiger partial charge is 0.0541 e. The molecule has 0 aromatic heterocycles. The molecule has 1 fully saturated rings. The third kappa shape index (κ3) is 3.40. The van der Waals surface area contributed by atoms with Gasteiger partial charge in [-0.25, -0.2) is 0 Å². The van der Waals surface area contributed by atoms with Gasteiger partial charge in [0.2, 0.25) is 0 Å². The van der Waals surface area contributed by atoms with Crippen molar-refractivity contribution >= 4 is 23.4 Å². The number of hydrogen-bond acceptors (Lipinski definition) is 2. The van der Waals surface area contributed by atoms with Crippen molar-refractivity contribution in [2.45, 2.75) is 49.3 Å². The maximum Gasteiger partial charge on any atom is 0.0541 e. The summed E-state index contributed by atoms with van der Waals surface area (Å²) >= 11 is 8.05. The van der Waals surface area contributed by atoms with E-state index < -0.39 is 0 Å². The Morgan fingerprint density at radius 1 is 1.35 bits per heavy atom. The molecule has 1 saturated carbocycles. The maximum atomic E-state index is 6.23. The van der Waals surface area contributed by atoms with Crippen LogP contribution >= 0.6 is 23.4 Å². The molecule has 1 aliphatic rings. The van der Waals surface area contributed by atoms with Crippen LogP contribution in [0.2, 0.25) is 5.02 Å². The van der Waals surface area contributed by atoms with Crippen molar-refractivity contribution < 1.29 is 0 Å². The average molecular weight is 270 g/mol. The summed E-state index contributed by atoms with van der Waals surface area (Å²) in [4.78, 5) is 1.16. The van der Waals surface area contributed by atoms with Gasteiger partial charge in [-0.3, -0.25) is 0 Å². The van der Waals surface area contributed by atoms with E-state index in [9.17, 15) is 0 Å². The first kappa shape index (κ1) is 13.3. The molecular formula is C14H20ClNS. The van der Waals surface area contributed by atoms with Crippen molar-refractivity contribution in [3.8, 4) is 0 Å². The van der Waals surface area contributed by atoms with Gasteiger partial charge in [0.1, 0.15) is 0 Å². The van der Waals surface area contributed by atoms with Gasteiger partial charge in [-0.1, -0.05) is 37.6 Å². The third-order valence-electron chi connectivity index (χ3n) is 3.50. The summed E-state index contributed by atoms with van der Waals surface area (Å²) in [5.41, 5.74) is 6.65. The highest BCUT2D eigenvalue weighted by atomic mass is 35.5. The molecule has 17 heavy (non-hydrogen) atoms. The fourth-order valence-corrected chi connectivity index (χ4v) is 4.15. The predicted molar refractivity (Wildman–Crippen MR) is 76.7 cm³/mol. The second-order valence-corrected chi connectivity index (χ2v) is 7.35. The molecule has 0 bridgehead atoms. The van der Waals surface area contributed by atoms with Crippen LogP contribution in [-0.4, -0.2) is 11.3 Å². The molecule has 1 aromatic carbocycles. The molecule has 0 amide bonds. The van der Waals surface area contributed by atoms with Gasteiger partial charge >= 0.3 is 0 Å². The van der Waals surface area contributed by atoms with Crippen LogP contribution in [-0.2, 0) is 0 Å². The standard InChI is InChI=1S/C14H20ClNS/c1-14(2)8-7-11(16)13(9-14)17-12-6-4-3-5-10(12)15/h3-6,11,13H,7-9,16H2,1-2H3. The van der Waals surface area contributed by atoms with Gasteiger partial charge < -0.3 is 5.73 Å². The van der Waals surface area contributed by atoms with E-state index in [1.807, 2.05) is 30.0 Å². The van der Waals surface area contributed by atoms with Crippen molar-refractivity contribution in [2.24, 2.45) is 11.1 Å². The van der Waals surface area contributed by atoms with E-state index in [0.29, 0.717) is 16.7 Å². The highest BCUT2D eigenvalue weighted by Crippen LogP contribution is 2.43. The quantitative estimate of drug-likeness (QED) is 0.864. The second-order valence-electron chi connectivity index (χ2n) is 5.66. The molecule has 2 N–H and O–H groups in total. The molecule has 1 aliphatic carbocycles. The van der Waals surface area contributed by atoms with Gasteiger partial charge in [-0.15, -0.1) is 11.8 Å². The van der Waals surface area contributed by atoms with E-state index in [0.717, 1.165) is 16.3 Å². The summed E-state index contributed by atoms with van der Waals surface area (Å²) in [7, 11) is 0. The Morgan fingerprint density at radius 2 is 2.06 bits per heavy atom. The Labute approximate surface area is 113 Å². The van der Waals surface area contributed by atoms with Crippen molar-refractivity contribution in [3.05, 3.63) is 29.3 Å². The lowest BCUT2D eigenvalue weighted by Gasteiger charge is -2.38. The van der Waals surface area contributed by atoms with Crippen LogP contribution in [0.4, 0.5) is 0 Å². The minimum Gasteiger partial charge on any atom is -0.327 e. The van der Waals surface area contributed by atoms with Crippen LogP contribution in [0.3, 0.4) is 0 Å². The van der Waals surface area contributed by atoms with E-state index in [2.05, 4.69) is 19.9 Å². The summed E-state index contributed by atoms with van der Waals surface area (Å²) in [6.07, 6.45) is 3.52. The molecule has 2 unspecified atom stereocenters. The van der Waals surface area contributed by atoms with Gasteiger partial charge in [0.05, 0.1) is 5.02 Å². The number of nitrogens with two attached hydrogens (primary N) is 1. The third-order valence-corrected chi connectivity index (χ3v) is 5.37. The molecule has 0 saturated heterocycles. The number of thioether (sulfide) groups is 1. The molecule has 0 aliphatic heterocycles.